The fourth-order valence-electron chi connectivity index (χ4n) is 1.70. The van der Waals surface area contributed by atoms with Crippen molar-refractivity contribution < 1.29 is 9.45 Å². The summed E-state index contributed by atoms with van der Waals surface area (Å²) in [7, 11) is 0. The molecule has 7 nitrogen and oxygen atoms in total. The van der Waals surface area contributed by atoms with E-state index in [-0.39, 0.29) is 5.69 Å². The van der Waals surface area contributed by atoms with E-state index in [1.165, 1.54) is 6.07 Å². The highest BCUT2D eigenvalue weighted by molar-refractivity contribution is 5.62. The molecule has 0 aliphatic heterocycles. The normalized spacial score (nSPS) is 10.4. The number of aromatic nitrogens is 2. The fraction of sp³-hybridized carbons (Fsp3) is 0.333. The van der Waals surface area contributed by atoms with Crippen LogP contribution in [0.4, 0.5) is 11.4 Å². The zero-order valence-corrected chi connectivity index (χ0v) is 10.7. The van der Waals surface area contributed by atoms with Crippen molar-refractivity contribution in [3.05, 3.63) is 45.6 Å². The molecule has 0 unspecified atom stereocenters. The summed E-state index contributed by atoms with van der Waals surface area (Å²) in [5, 5.41) is 17.6. The molecule has 1 aromatic carbocycles. The summed E-state index contributed by atoms with van der Waals surface area (Å²) < 4.78 is 4.97. The van der Waals surface area contributed by atoms with Crippen molar-refractivity contribution in [2.24, 2.45) is 0 Å². The van der Waals surface area contributed by atoms with E-state index in [0.29, 0.717) is 30.4 Å². The van der Waals surface area contributed by atoms with Crippen LogP contribution in [0.3, 0.4) is 0 Å². The average molecular weight is 262 g/mol. The van der Waals surface area contributed by atoms with E-state index < -0.39 is 4.92 Å². The van der Waals surface area contributed by atoms with Gasteiger partial charge in [-0.3, -0.25) is 10.1 Å². The number of nitro groups is 1. The highest BCUT2D eigenvalue weighted by atomic mass is 16.6. The van der Waals surface area contributed by atoms with Crippen LogP contribution < -0.4 is 5.32 Å². The molecule has 0 atom stereocenters. The number of aryl methyl sites for hydroxylation is 2. The van der Waals surface area contributed by atoms with Gasteiger partial charge in [0.15, 0.2) is 5.82 Å². The third-order valence-corrected chi connectivity index (χ3v) is 2.57. The summed E-state index contributed by atoms with van der Waals surface area (Å²) in [5.74, 6) is 1.09. The number of nitrogens with zero attached hydrogens (tertiary/aromatic N) is 3. The number of rotatable bonds is 5. The molecule has 2 aromatic rings. The molecular weight excluding hydrogens is 248 g/mol. The first-order chi connectivity index (χ1) is 9.06. The molecule has 0 fully saturated rings. The molecule has 1 N–H and O–H groups in total. The summed E-state index contributed by atoms with van der Waals surface area (Å²) in [6, 6.07) is 4.95. The van der Waals surface area contributed by atoms with Gasteiger partial charge in [-0.05, 0) is 25.5 Å². The number of nitro benzene ring substituents is 1. The molecule has 19 heavy (non-hydrogen) atoms. The van der Waals surface area contributed by atoms with Crippen molar-refractivity contribution in [3.8, 4) is 0 Å². The lowest BCUT2D eigenvalue weighted by Gasteiger charge is -2.06. The van der Waals surface area contributed by atoms with Gasteiger partial charge in [0.25, 0.3) is 5.69 Å². The minimum absolute atomic E-state index is 0.0623. The zero-order valence-electron chi connectivity index (χ0n) is 10.7. The highest BCUT2D eigenvalue weighted by Crippen LogP contribution is 2.25. The maximum absolute atomic E-state index is 10.9. The quantitative estimate of drug-likeness (QED) is 0.656. The van der Waals surface area contributed by atoms with Gasteiger partial charge in [-0.25, -0.2) is 0 Å². The Hall–Kier alpha value is -2.44. The number of benzene rings is 1. The molecular formula is C12H14N4O3. The first-order valence-corrected chi connectivity index (χ1v) is 5.84. The Kier molecular flexibility index (Phi) is 3.74. The highest BCUT2D eigenvalue weighted by Gasteiger charge is 2.13. The van der Waals surface area contributed by atoms with Crippen LogP contribution in [-0.4, -0.2) is 21.6 Å². The number of hydrogen-bond acceptors (Lipinski definition) is 6. The van der Waals surface area contributed by atoms with Crippen LogP contribution >= 0.6 is 0 Å². The van der Waals surface area contributed by atoms with Gasteiger partial charge in [0, 0.05) is 19.0 Å². The summed E-state index contributed by atoms with van der Waals surface area (Å²) >= 11 is 0. The van der Waals surface area contributed by atoms with Gasteiger partial charge in [-0.2, -0.15) is 4.98 Å². The second kappa shape index (κ2) is 5.47. The molecule has 100 valence electrons. The van der Waals surface area contributed by atoms with E-state index in [1.54, 1.807) is 19.1 Å². The van der Waals surface area contributed by atoms with Crippen LogP contribution in [0, 0.1) is 24.0 Å². The predicted octanol–water partition coefficient (Wildman–Crippen LogP) is 2.25. The third-order valence-electron chi connectivity index (χ3n) is 2.57. The first-order valence-electron chi connectivity index (χ1n) is 5.84. The minimum Gasteiger partial charge on any atom is -0.379 e. The van der Waals surface area contributed by atoms with Gasteiger partial charge in [-0.1, -0.05) is 11.2 Å². The number of anilines is 1. The molecule has 0 radical (unpaired) electrons. The van der Waals surface area contributed by atoms with Crippen molar-refractivity contribution >= 4 is 11.4 Å². The van der Waals surface area contributed by atoms with Crippen LogP contribution in [0.15, 0.2) is 22.7 Å². The standard InChI is InChI=1S/C12H14N4O3/c1-8-3-4-11(16(17)18)10(7-8)13-6-5-12-14-9(2)15-19-12/h3-4,7,13H,5-6H2,1-2H3. The van der Waals surface area contributed by atoms with E-state index >= 15 is 0 Å². The van der Waals surface area contributed by atoms with Crippen LogP contribution in [0.1, 0.15) is 17.3 Å². The summed E-state index contributed by atoms with van der Waals surface area (Å²) in [6.07, 6.45) is 0.520. The van der Waals surface area contributed by atoms with E-state index in [2.05, 4.69) is 15.5 Å². The fourth-order valence-corrected chi connectivity index (χ4v) is 1.70. The topological polar surface area (TPSA) is 94.1 Å². The first kappa shape index (κ1) is 13.0. The summed E-state index contributed by atoms with van der Waals surface area (Å²) in [4.78, 5) is 14.6. The molecule has 0 aliphatic carbocycles. The molecule has 1 aromatic heterocycles. The molecule has 0 amide bonds. The van der Waals surface area contributed by atoms with Crippen molar-refractivity contribution in [2.75, 3.05) is 11.9 Å². The zero-order chi connectivity index (χ0) is 13.8. The lowest BCUT2D eigenvalue weighted by molar-refractivity contribution is -0.384. The molecule has 2 rings (SSSR count). The SMILES string of the molecule is Cc1ccc([N+](=O)[O-])c(NCCc2nc(C)no2)c1. The van der Waals surface area contributed by atoms with Gasteiger partial charge >= 0.3 is 0 Å². The van der Waals surface area contributed by atoms with Crippen LogP contribution in [0.5, 0.6) is 0 Å². The monoisotopic (exact) mass is 262 g/mol. The van der Waals surface area contributed by atoms with Gasteiger partial charge in [-0.15, -0.1) is 0 Å². The van der Waals surface area contributed by atoms with Crippen LogP contribution in [0.25, 0.3) is 0 Å². The van der Waals surface area contributed by atoms with Gasteiger partial charge in [0.2, 0.25) is 5.89 Å². The molecule has 1 heterocycles. The number of nitrogens with one attached hydrogen (secondary N) is 1. The minimum atomic E-state index is -0.404. The second-order valence-electron chi connectivity index (χ2n) is 4.19. The molecule has 7 heteroatoms. The average Bonchev–Trinajstić information content (AvgIpc) is 2.75. The van der Waals surface area contributed by atoms with Crippen LogP contribution in [-0.2, 0) is 6.42 Å². The Balaban J connectivity index is 2.02. The lowest BCUT2D eigenvalue weighted by Crippen LogP contribution is -2.07. The smallest absolute Gasteiger partial charge is 0.292 e. The Labute approximate surface area is 109 Å². The number of hydrogen-bond donors (Lipinski definition) is 1. The summed E-state index contributed by atoms with van der Waals surface area (Å²) in [6.45, 7) is 4.12. The van der Waals surface area contributed by atoms with Gasteiger partial charge in [0.05, 0.1) is 4.92 Å². The van der Waals surface area contributed by atoms with Gasteiger partial charge in [0.1, 0.15) is 5.69 Å². The van der Waals surface area contributed by atoms with Crippen molar-refractivity contribution in [3.63, 3.8) is 0 Å². The molecule has 0 saturated heterocycles. The van der Waals surface area contributed by atoms with Crippen molar-refractivity contribution in [1.82, 2.24) is 10.1 Å². The third kappa shape index (κ3) is 3.27. The Morgan fingerprint density at radius 2 is 2.21 bits per heavy atom. The van der Waals surface area contributed by atoms with Crippen LogP contribution in [0.2, 0.25) is 0 Å². The maximum Gasteiger partial charge on any atom is 0.292 e. The Bertz CT molecular complexity index is 594. The van der Waals surface area contributed by atoms with Gasteiger partial charge < -0.3 is 9.84 Å². The molecule has 0 bridgehead atoms. The molecule has 0 spiro atoms. The second-order valence-corrected chi connectivity index (χ2v) is 4.19. The summed E-state index contributed by atoms with van der Waals surface area (Å²) in [5.41, 5.74) is 1.52. The largest absolute Gasteiger partial charge is 0.379 e. The van der Waals surface area contributed by atoms with E-state index in [9.17, 15) is 10.1 Å². The Morgan fingerprint density at radius 1 is 1.42 bits per heavy atom. The van der Waals surface area contributed by atoms with Crippen molar-refractivity contribution in [2.45, 2.75) is 20.3 Å². The lowest BCUT2D eigenvalue weighted by atomic mass is 10.2. The Morgan fingerprint density at radius 3 is 2.84 bits per heavy atom. The van der Waals surface area contributed by atoms with E-state index in [0.717, 1.165) is 5.56 Å². The molecule has 0 saturated carbocycles. The van der Waals surface area contributed by atoms with E-state index in [1.807, 2.05) is 6.92 Å². The predicted molar refractivity (Wildman–Crippen MR) is 69.1 cm³/mol. The molecule has 0 aliphatic rings. The van der Waals surface area contributed by atoms with Crippen molar-refractivity contribution in [1.29, 1.82) is 0 Å². The maximum atomic E-state index is 10.9. The van der Waals surface area contributed by atoms with E-state index in [4.69, 9.17) is 4.52 Å².